The first-order valence-electron chi connectivity index (χ1n) is 5.30. The van der Waals surface area contributed by atoms with Crippen molar-refractivity contribution in [3.8, 4) is 5.82 Å². The molecule has 4 heteroatoms. The molecule has 2 rings (SSSR count). The van der Waals surface area contributed by atoms with Crippen LogP contribution in [-0.2, 0) is 6.61 Å². The molecule has 2 heterocycles. The van der Waals surface area contributed by atoms with Crippen LogP contribution in [0.5, 0.6) is 0 Å². The Balaban J connectivity index is 2.49. The van der Waals surface area contributed by atoms with E-state index in [-0.39, 0.29) is 6.61 Å². The van der Waals surface area contributed by atoms with Crippen molar-refractivity contribution in [2.24, 2.45) is 0 Å². The molecule has 0 saturated carbocycles. The Morgan fingerprint density at radius 2 is 2.19 bits per heavy atom. The minimum absolute atomic E-state index is 0.0317. The smallest absolute Gasteiger partial charge is 0.138 e. The fourth-order valence-corrected chi connectivity index (χ4v) is 1.51. The highest BCUT2D eigenvalue weighted by Crippen LogP contribution is 2.17. The van der Waals surface area contributed by atoms with E-state index in [4.69, 9.17) is 0 Å². The second-order valence-electron chi connectivity index (χ2n) is 4.04. The molecule has 2 aromatic rings. The number of hydrogen-bond acceptors (Lipinski definition) is 3. The Morgan fingerprint density at radius 1 is 1.38 bits per heavy atom. The number of aromatic nitrogens is 3. The van der Waals surface area contributed by atoms with Crippen LogP contribution >= 0.6 is 0 Å². The summed E-state index contributed by atoms with van der Waals surface area (Å²) in [7, 11) is 0. The standard InChI is InChI=1S/C12H15N3O/c1-9(2)11-5-10(7-16)6-12(14-11)15-4-3-13-8-15/h3-6,8-9,16H,7H2,1-2H3. The average molecular weight is 217 g/mol. The van der Waals surface area contributed by atoms with Crippen LogP contribution in [0, 0.1) is 0 Å². The third kappa shape index (κ3) is 2.12. The number of aliphatic hydroxyl groups excluding tert-OH is 1. The molecule has 0 atom stereocenters. The van der Waals surface area contributed by atoms with Gasteiger partial charge in [0.05, 0.1) is 6.61 Å². The Labute approximate surface area is 94.6 Å². The van der Waals surface area contributed by atoms with Crippen molar-refractivity contribution in [2.75, 3.05) is 0 Å². The first-order chi connectivity index (χ1) is 7.70. The zero-order chi connectivity index (χ0) is 11.5. The number of nitrogens with zero attached hydrogens (tertiary/aromatic N) is 3. The Hall–Kier alpha value is -1.68. The molecule has 4 nitrogen and oxygen atoms in total. The lowest BCUT2D eigenvalue weighted by Gasteiger charge is -2.10. The SMILES string of the molecule is CC(C)c1cc(CO)cc(-n2ccnc2)n1. The van der Waals surface area contributed by atoms with Gasteiger partial charge in [-0.3, -0.25) is 4.57 Å². The van der Waals surface area contributed by atoms with E-state index in [0.717, 1.165) is 17.1 Å². The molecular formula is C12H15N3O. The molecule has 84 valence electrons. The maximum Gasteiger partial charge on any atom is 0.138 e. The number of imidazole rings is 1. The molecule has 0 saturated heterocycles. The van der Waals surface area contributed by atoms with E-state index in [1.54, 1.807) is 12.5 Å². The van der Waals surface area contributed by atoms with Gasteiger partial charge in [0.15, 0.2) is 0 Å². The van der Waals surface area contributed by atoms with Crippen molar-refractivity contribution >= 4 is 0 Å². The predicted molar refractivity (Wildman–Crippen MR) is 61.4 cm³/mol. The van der Waals surface area contributed by atoms with Crippen molar-refractivity contribution in [3.05, 3.63) is 42.1 Å². The zero-order valence-electron chi connectivity index (χ0n) is 9.46. The third-order valence-electron chi connectivity index (χ3n) is 2.43. The molecule has 0 unspecified atom stereocenters. The Morgan fingerprint density at radius 3 is 2.75 bits per heavy atom. The lowest BCUT2D eigenvalue weighted by Crippen LogP contribution is -2.02. The summed E-state index contributed by atoms with van der Waals surface area (Å²) in [6, 6.07) is 3.80. The first-order valence-corrected chi connectivity index (χ1v) is 5.30. The van der Waals surface area contributed by atoms with Gasteiger partial charge in [-0.15, -0.1) is 0 Å². The molecule has 0 aromatic carbocycles. The number of pyridine rings is 1. The predicted octanol–water partition coefficient (Wildman–Crippen LogP) is 1.88. The van der Waals surface area contributed by atoms with Crippen LogP contribution in [0.4, 0.5) is 0 Å². The van der Waals surface area contributed by atoms with Gasteiger partial charge in [0.25, 0.3) is 0 Å². The summed E-state index contributed by atoms with van der Waals surface area (Å²) in [6.45, 7) is 4.20. The maximum absolute atomic E-state index is 9.21. The van der Waals surface area contributed by atoms with E-state index >= 15 is 0 Å². The highest BCUT2D eigenvalue weighted by molar-refractivity contribution is 5.31. The molecule has 0 bridgehead atoms. The zero-order valence-corrected chi connectivity index (χ0v) is 9.46. The van der Waals surface area contributed by atoms with Gasteiger partial charge in [-0.25, -0.2) is 9.97 Å². The maximum atomic E-state index is 9.21. The molecule has 0 spiro atoms. The van der Waals surface area contributed by atoms with E-state index in [9.17, 15) is 5.11 Å². The molecule has 0 radical (unpaired) electrons. The average Bonchev–Trinajstić information content (AvgIpc) is 2.81. The molecule has 0 amide bonds. The fourth-order valence-electron chi connectivity index (χ4n) is 1.51. The van der Waals surface area contributed by atoms with Crippen molar-refractivity contribution in [1.29, 1.82) is 0 Å². The van der Waals surface area contributed by atoms with Crippen LogP contribution in [0.3, 0.4) is 0 Å². The monoisotopic (exact) mass is 217 g/mol. The van der Waals surface area contributed by atoms with E-state index < -0.39 is 0 Å². The van der Waals surface area contributed by atoms with Gasteiger partial charge >= 0.3 is 0 Å². The van der Waals surface area contributed by atoms with Gasteiger partial charge in [0.2, 0.25) is 0 Å². The molecule has 1 N–H and O–H groups in total. The van der Waals surface area contributed by atoms with Gasteiger partial charge in [-0.05, 0) is 23.6 Å². The van der Waals surface area contributed by atoms with Crippen LogP contribution in [0.15, 0.2) is 30.9 Å². The van der Waals surface area contributed by atoms with Crippen molar-refractivity contribution in [3.63, 3.8) is 0 Å². The van der Waals surface area contributed by atoms with Gasteiger partial charge in [0.1, 0.15) is 12.1 Å². The summed E-state index contributed by atoms with van der Waals surface area (Å²) >= 11 is 0. The molecule has 0 aliphatic carbocycles. The summed E-state index contributed by atoms with van der Waals surface area (Å²) < 4.78 is 1.84. The van der Waals surface area contributed by atoms with E-state index in [1.807, 2.05) is 22.9 Å². The molecule has 0 aliphatic heterocycles. The molecule has 0 fully saturated rings. The van der Waals surface area contributed by atoms with Crippen LogP contribution in [0.1, 0.15) is 31.0 Å². The van der Waals surface area contributed by atoms with E-state index in [0.29, 0.717) is 5.92 Å². The second-order valence-corrected chi connectivity index (χ2v) is 4.04. The van der Waals surface area contributed by atoms with E-state index in [2.05, 4.69) is 23.8 Å². The van der Waals surface area contributed by atoms with Gasteiger partial charge in [-0.2, -0.15) is 0 Å². The second kappa shape index (κ2) is 4.45. The highest BCUT2D eigenvalue weighted by Gasteiger charge is 2.06. The normalized spacial score (nSPS) is 11.0. The minimum Gasteiger partial charge on any atom is -0.392 e. The first kappa shape index (κ1) is 10.8. The summed E-state index contributed by atoms with van der Waals surface area (Å²) in [5, 5.41) is 9.21. The summed E-state index contributed by atoms with van der Waals surface area (Å²) in [5.41, 5.74) is 1.86. The topological polar surface area (TPSA) is 50.9 Å². The molecule has 16 heavy (non-hydrogen) atoms. The summed E-state index contributed by atoms with van der Waals surface area (Å²) in [6.07, 6.45) is 5.25. The van der Waals surface area contributed by atoms with Gasteiger partial charge in [-0.1, -0.05) is 13.8 Å². The van der Waals surface area contributed by atoms with Crippen LogP contribution in [0.2, 0.25) is 0 Å². The van der Waals surface area contributed by atoms with Crippen LogP contribution < -0.4 is 0 Å². The van der Waals surface area contributed by atoms with Crippen LogP contribution in [0.25, 0.3) is 5.82 Å². The summed E-state index contributed by atoms with van der Waals surface area (Å²) in [5.74, 6) is 1.14. The lowest BCUT2D eigenvalue weighted by molar-refractivity contribution is 0.281. The largest absolute Gasteiger partial charge is 0.392 e. The van der Waals surface area contributed by atoms with E-state index in [1.165, 1.54) is 0 Å². The minimum atomic E-state index is 0.0317. The highest BCUT2D eigenvalue weighted by atomic mass is 16.3. The van der Waals surface area contributed by atoms with Gasteiger partial charge < -0.3 is 5.11 Å². The van der Waals surface area contributed by atoms with Gasteiger partial charge in [0, 0.05) is 18.1 Å². The molecule has 0 aliphatic rings. The molecule has 2 aromatic heterocycles. The van der Waals surface area contributed by atoms with Crippen LogP contribution in [-0.4, -0.2) is 19.6 Å². The number of hydrogen-bond donors (Lipinski definition) is 1. The lowest BCUT2D eigenvalue weighted by atomic mass is 10.1. The third-order valence-corrected chi connectivity index (χ3v) is 2.43. The summed E-state index contributed by atoms with van der Waals surface area (Å²) in [4.78, 5) is 8.52. The molecular weight excluding hydrogens is 202 g/mol. The van der Waals surface area contributed by atoms with Crippen molar-refractivity contribution in [1.82, 2.24) is 14.5 Å². The number of aliphatic hydroxyl groups is 1. The Kier molecular flexibility index (Phi) is 3.01. The van der Waals surface area contributed by atoms with Crippen molar-refractivity contribution in [2.45, 2.75) is 26.4 Å². The Bertz CT molecular complexity index is 463. The van der Waals surface area contributed by atoms with Crippen molar-refractivity contribution < 1.29 is 5.11 Å². The number of rotatable bonds is 3. The quantitative estimate of drug-likeness (QED) is 0.854. The fraction of sp³-hybridized carbons (Fsp3) is 0.333.